The second kappa shape index (κ2) is 16.2. The predicted molar refractivity (Wildman–Crippen MR) is 171 cm³/mol. The zero-order valence-corrected chi connectivity index (χ0v) is 27.0. The molecule has 0 radical (unpaired) electrons. The number of ether oxygens (including phenoxy) is 2. The molecule has 2 amide bonds. The first kappa shape index (κ1) is 33.8. The van der Waals surface area contributed by atoms with Crippen LogP contribution in [0, 0.1) is 0 Å². The molecule has 9 nitrogen and oxygen atoms in total. The molecule has 0 aromatic heterocycles. The van der Waals surface area contributed by atoms with Gasteiger partial charge in [-0.15, -0.1) is 11.8 Å². The topological polar surface area (TPSA) is 105 Å². The molecule has 0 heterocycles. The molecule has 0 aliphatic heterocycles. The monoisotopic (exact) mass is 627 g/mol. The predicted octanol–water partition coefficient (Wildman–Crippen LogP) is 5.34. The molecule has 232 valence electrons. The highest BCUT2D eigenvalue weighted by molar-refractivity contribution is 7.98. The van der Waals surface area contributed by atoms with E-state index in [-0.39, 0.29) is 23.0 Å². The number of hydrogen-bond acceptors (Lipinski definition) is 7. The van der Waals surface area contributed by atoms with E-state index in [9.17, 15) is 18.0 Å². The number of hydrogen-bond donors (Lipinski definition) is 1. The van der Waals surface area contributed by atoms with Gasteiger partial charge < -0.3 is 19.7 Å². The van der Waals surface area contributed by atoms with Crippen LogP contribution in [0.4, 0.5) is 5.69 Å². The Morgan fingerprint density at radius 3 is 2.37 bits per heavy atom. The van der Waals surface area contributed by atoms with Gasteiger partial charge >= 0.3 is 0 Å². The molecule has 0 bridgehead atoms. The van der Waals surface area contributed by atoms with Crippen LogP contribution >= 0.6 is 11.8 Å². The summed E-state index contributed by atoms with van der Waals surface area (Å²) in [4.78, 5) is 29.7. The Labute approximate surface area is 259 Å². The lowest BCUT2D eigenvalue weighted by Gasteiger charge is -2.32. The SMILES string of the molecule is CCCCNC(=O)[C@H](C)N(Cc1cccc(OC)c1)C(=O)CN(c1ccccc1OCC)S(=O)(=O)c1ccc(SC)cc1. The van der Waals surface area contributed by atoms with Crippen molar-refractivity contribution < 1.29 is 27.5 Å². The van der Waals surface area contributed by atoms with E-state index < -0.39 is 28.5 Å². The molecule has 0 aliphatic carbocycles. The molecule has 1 N–H and O–H groups in total. The van der Waals surface area contributed by atoms with Crippen molar-refractivity contribution in [1.29, 1.82) is 0 Å². The quantitative estimate of drug-likeness (QED) is 0.169. The molecule has 0 saturated carbocycles. The molecular weight excluding hydrogens is 587 g/mol. The summed E-state index contributed by atoms with van der Waals surface area (Å²) in [5, 5.41) is 2.89. The normalized spacial score (nSPS) is 11.8. The summed E-state index contributed by atoms with van der Waals surface area (Å²) in [5.74, 6) is 0.0679. The Kier molecular flexibility index (Phi) is 12.8. The molecule has 11 heteroatoms. The van der Waals surface area contributed by atoms with Crippen molar-refractivity contribution in [2.45, 2.75) is 56.0 Å². The third-order valence-corrected chi connectivity index (χ3v) is 9.36. The van der Waals surface area contributed by atoms with Crippen LogP contribution in [0.15, 0.2) is 82.6 Å². The molecule has 0 spiro atoms. The first-order valence-corrected chi connectivity index (χ1v) is 16.9. The van der Waals surface area contributed by atoms with Gasteiger partial charge in [-0.05, 0) is 80.6 Å². The largest absolute Gasteiger partial charge is 0.497 e. The summed E-state index contributed by atoms with van der Waals surface area (Å²) < 4.78 is 40.5. The molecule has 0 aliphatic rings. The van der Waals surface area contributed by atoms with Gasteiger partial charge in [0.2, 0.25) is 11.8 Å². The second-order valence-corrected chi connectivity index (χ2v) is 12.5. The van der Waals surface area contributed by atoms with Crippen LogP contribution in [-0.4, -0.2) is 64.2 Å². The first-order valence-electron chi connectivity index (χ1n) is 14.2. The van der Waals surface area contributed by atoms with Gasteiger partial charge in [0, 0.05) is 18.0 Å². The zero-order chi connectivity index (χ0) is 31.4. The van der Waals surface area contributed by atoms with E-state index in [4.69, 9.17) is 9.47 Å². The van der Waals surface area contributed by atoms with Crippen LogP contribution in [0.25, 0.3) is 0 Å². The summed E-state index contributed by atoms with van der Waals surface area (Å²) in [7, 11) is -2.67. The second-order valence-electron chi connectivity index (χ2n) is 9.78. The standard InChI is InChI=1S/C32H41N3O6S2/c1-6-8-20-33-32(37)24(3)34(22-25-12-11-13-26(21-25)40-4)31(36)23-35(29-14-9-10-15-30(29)41-7-2)43(38,39)28-18-16-27(42-5)17-19-28/h9-19,21,24H,6-8,20,22-23H2,1-5H3,(H,33,37)/t24-/m0/s1. The number of methoxy groups -OCH3 is 1. The van der Waals surface area contributed by atoms with Crippen molar-refractivity contribution in [3.05, 3.63) is 78.4 Å². The Balaban J connectivity index is 2.06. The third kappa shape index (κ3) is 8.90. The lowest BCUT2D eigenvalue weighted by atomic mass is 10.1. The average Bonchev–Trinajstić information content (AvgIpc) is 3.02. The van der Waals surface area contributed by atoms with Crippen molar-refractivity contribution in [3.8, 4) is 11.5 Å². The van der Waals surface area contributed by atoms with Gasteiger partial charge in [-0.3, -0.25) is 13.9 Å². The molecule has 0 fully saturated rings. The molecule has 0 unspecified atom stereocenters. The Morgan fingerprint density at radius 1 is 1.00 bits per heavy atom. The van der Waals surface area contributed by atoms with E-state index in [0.29, 0.717) is 24.7 Å². The van der Waals surface area contributed by atoms with Crippen LogP contribution in [0.3, 0.4) is 0 Å². The van der Waals surface area contributed by atoms with Crippen molar-refractivity contribution in [2.75, 3.05) is 37.4 Å². The minimum Gasteiger partial charge on any atom is -0.497 e. The van der Waals surface area contributed by atoms with E-state index >= 15 is 0 Å². The maximum Gasteiger partial charge on any atom is 0.264 e. The summed E-state index contributed by atoms with van der Waals surface area (Å²) in [5.41, 5.74) is 0.964. The number of anilines is 1. The number of carbonyl (C=O) groups excluding carboxylic acids is 2. The van der Waals surface area contributed by atoms with Gasteiger partial charge in [0.25, 0.3) is 10.0 Å². The van der Waals surface area contributed by atoms with Crippen LogP contribution < -0.4 is 19.1 Å². The Hall–Kier alpha value is -3.70. The maximum atomic E-state index is 14.2. The smallest absolute Gasteiger partial charge is 0.264 e. The number of rotatable bonds is 16. The highest BCUT2D eigenvalue weighted by Gasteiger charge is 2.33. The fourth-order valence-corrected chi connectivity index (χ4v) is 6.25. The minimum atomic E-state index is -4.22. The van der Waals surface area contributed by atoms with Crippen molar-refractivity contribution in [3.63, 3.8) is 0 Å². The fourth-order valence-electron chi connectivity index (χ4n) is 4.42. The summed E-state index contributed by atoms with van der Waals surface area (Å²) in [6, 6.07) is 19.6. The lowest BCUT2D eigenvalue weighted by molar-refractivity contribution is -0.139. The first-order chi connectivity index (χ1) is 20.7. The number of para-hydroxylation sites is 2. The van der Waals surface area contributed by atoms with Crippen molar-refractivity contribution in [2.24, 2.45) is 0 Å². The van der Waals surface area contributed by atoms with Gasteiger partial charge in [-0.2, -0.15) is 0 Å². The number of thioether (sulfide) groups is 1. The van der Waals surface area contributed by atoms with Gasteiger partial charge in [-0.25, -0.2) is 8.42 Å². The van der Waals surface area contributed by atoms with Gasteiger partial charge in [0.05, 0.1) is 24.3 Å². The van der Waals surface area contributed by atoms with E-state index in [2.05, 4.69) is 5.32 Å². The highest BCUT2D eigenvalue weighted by atomic mass is 32.2. The fraction of sp³-hybridized carbons (Fsp3) is 0.375. The van der Waals surface area contributed by atoms with Gasteiger partial charge in [0.15, 0.2) is 0 Å². The zero-order valence-electron chi connectivity index (χ0n) is 25.4. The number of nitrogens with zero attached hydrogens (tertiary/aromatic N) is 2. The minimum absolute atomic E-state index is 0.0362. The van der Waals surface area contributed by atoms with Crippen LogP contribution in [0.2, 0.25) is 0 Å². The Morgan fingerprint density at radius 2 is 1.72 bits per heavy atom. The molecular formula is C32H41N3O6S2. The van der Waals surface area contributed by atoms with E-state index in [0.717, 1.165) is 27.6 Å². The third-order valence-electron chi connectivity index (χ3n) is 6.84. The van der Waals surface area contributed by atoms with Crippen molar-refractivity contribution in [1.82, 2.24) is 10.2 Å². The molecule has 1 atom stereocenters. The van der Waals surface area contributed by atoms with Crippen molar-refractivity contribution >= 4 is 39.3 Å². The summed E-state index contributed by atoms with van der Waals surface area (Å²) in [6.45, 7) is 5.78. The van der Waals surface area contributed by atoms with Crippen LogP contribution in [0.5, 0.6) is 11.5 Å². The Bertz CT molecular complexity index is 1460. The number of nitrogens with one attached hydrogen (secondary N) is 1. The molecule has 3 aromatic carbocycles. The van der Waals surface area contributed by atoms with E-state index in [1.165, 1.54) is 28.8 Å². The number of sulfonamides is 1. The van der Waals surface area contributed by atoms with Crippen LogP contribution in [-0.2, 0) is 26.2 Å². The van der Waals surface area contributed by atoms with E-state index in [1.54, 1.807) is 75.6 Å². The average molecular weight is 628 g/mol. The lowest BCUT2D eigenvalue weighted by Crippen LogP contribution is -2.51. The number of unbranched alkanes of at least 4 members (excludes halogenated alkanes) is 1. The summed E-state index contributed by atoms with van der Waals surface area (Å²) >= 11 is 1.50. The highest BCUT2D eigenvalue weighted by Crippen LogP contribution is 2.33. The number of amides is 2. The summed E-state index contributed by atoms with van der Waals surface area (Å²) in [6.07, 6.45) is 3.62. The molecule has 0 saturated heterocycles. The van der Waals surface area contributed by atoms with E-state index in [1.807, 2.05) is 19.2 Å². The van der Waals surface area contributed by atoms with Gasteiger partial charge in [-0.1, -0.05) is 37.6 Å². The number of carbonyl (C=O) groups is 2. The molecule has 3 rings (SSSR count). The van der Waals surface area contributed by atoms with Crippen LogP contribution in [0.1, 0.15) is 39.2 Å². The molecule has 43 heavy (non-hydrogen) atoms. The molecule has 3 aromatic rings. The maximum absolute atomic E-state index is 14.2. The van der Waals surface area contributed by atoms with Gasteiger partial charge in [0.1, 0.15) is 24.1 Å². The number of benzene rings is 3.